The lowest BCUT2D eigenvalue weighted by Gasteiger charge is -2.14. The summed E-state index contributed by atoms with van der Waals surface area (Å²) in [7, 11) is 0. The maximum atomic E-state index is 10.3. The molecule has 0 aliphatic rings. The smallest absolute Gasteiger partial charge is 0.160 e. The van der Waals surface area contributed by atoms with Gasteiger partial charge in [-0.25, -0.2) is 9.67 Å². The molecule has 0 radical (unpaired) electrons. The van der Waals surface area contributed by atoms with Crippen molar-refractivity contribution < 1.29 is 5.11 Å². The SMILES string of the molecule is CCn1ncnc1C(O)c1c(Cl)cccc1Cl. The Morgan fingerprint density at radius 1 is 1.35 bits per heavy atom. The second-order valence-electron chi connectivity index (χ2n) is 3.47. The van der Waals surface area contributed by atoms with Crippen molar-refractivity contribution in [2.24, 2.45) is 0 Å². The van der Waals surface area contributed by atoms with E-state index < -0.39 is 6.10 Å². The number of hydrogen-bond acceptors (Lipinski definition) is 3. The van der Waals surface area contributed by atoms with Crippen LogP contribution in [0.3, 0.4) is 0 Å². The van der Waals surface area contributed by atoms with Gasteiger partial charge in [0.05, 0.1) is 0 Å². The number of halogens is 2. The number of nitrogens with zero attached hydrogens (tertiary/aromatic N) is 3. The van der Waals surface area contributed by atoms with Crippen LogP contribution >= 0.6 is 23.2 Å². The molecule has 1 aromatic heterocycles. The molecule has 1 unspecified atom stereocenters. The van der Waals surface area contributed by atoms with E-state index in [0.717, 1.165) is 0 Å². The van der Waals surface area contributed by atoms with Crippen molar-refractivity contribution in [2.45, 2.75) is 19.6 Å². The van der Waals surface area contributed by atoms with Gasteiger partial charge in [-0.2, -0.15) is 5.10 Å². The number of hydrogen-bond donors (Lipinski definition) is 1. The minimum absolute atomic E-state index is 0.413. The van der Waals surface area contributed by atoms with Crippen LogP contribution in [0.4, 0.5) is 0 Å². The summed E-state index contributed by atoms with van der Waals surface area (Å²) in [6, 6.07) is 5.09. The Balaban J connectivity index is 2.47. The highest BCUT2D eigenvalue weighted by Crippen LogP contribution is 2.32. The van der Waals surface area contributed by atoms with E-state index in [1.807, 2.05) is 6.92 Å². The van der Waals surface area contributed by atoms with Crippen LogP contribution < -0.4 is 0 Å². The van der Waals surface area contributed by atoms with Gasteiger partial charge >= 0.3 is 0 Å². The van der Waals surface area contributed by atoms with Gasteiger partial charge < -0.3 is 5.11 Å². The highest BCUT2D eigenvalue weighted by atomic mass is 35.5. The maximum absolute atomic E-state index is 10.3. The van der Waals surface area contributed by atoms with Crippen molar-refractivity contribution in [1.82, 2.24) is 14.8 Å². The maximum Gasteiger partial charge on any atom is 0.160 e. The molecule has 0 saturated carbocycles. The van der Waals surface area contributed by atoms with Gasteiger partial charge in [0.1, 0.15) is 12.4 Å². The van der Waals surface area contributed by atoms with Gasteiger partial charge in [0.25, 0.3) is 0 Å². The van der Waals surface area contributed by atoms with E-state index in [4.69, 9.17) is 23.2 Å². The molecule has 0 saturated heterocycles. The standard InChI is InChI=1S/C11H11Cl2N3O/c1-2-16-11(14-6-15-16)10(17)9-7(12)4-3-5-8(9)13/h3-6,10,17H,2H2,1H3. The van der Waals surface area contributed by atoms with Gasteiger partial charge in [-0.05, 0) is 19.1 Å². The van der Waals surface area contributed by atoms with Crippen LogP contribution in [0.1, 0.15) is 24.4 Å². The molecule has 2 aromatic rings. The van der Waals surface area contributed by atoms with Crippen molar-refractivity contribution >= 4 is 23.2 Å². The summed E-state index contributed by atoms with van der Waals surface area (Å²) < 4.78 is 1.60. The number of aryl methyl sites for hydroxylation is 1. The summed E-state index contributed by atoms with van der Waals surface area (Å²) in [4.78, 5) is 4.03. The summed E-state index contributed by atoms with van der Waals surface area (Å²) >= 11 is 12.1. The van der Waals surface area contributed by atoms with Crippen LogP contribution in [-0.2, 0) is 6.54 Å². The highest BCUT2D eigenvalue weighted by Gasteiger charge is 2.21. The van der Waals surface area contributed by atoms with E-state index in [1.54, 1.807) is 22.9 Å². The Morgan fingerprint density at radius 2 is 2.00 bits per heavy atom. The third kappa shape index (κ3) is 2.29. The summed E-state index contributed by atoms with van der Waals surface area (Å²) in [5.74, 6) is 0.433. The molecule has 0 spiro atoms. The van der Waals surface area contributed by atoms with E-state index >= 15 is 0 Å². The summed E-state index contributed by atoms with van der Waals surface area (Å²) in [5, 5.41) is 15.1. The molecule has 90 valence electrons. The van der Waals surface area contributed by atoms with E-state index in [0.29, 0.717) is 28.0 Å². The predicted molar refractivity (Wildman–Crippen MR) is 66.2 cm³/mol. The first-order chi connectivity index (χ1) is 8.15. The molecule has 0 amide bonds. The van der Waals surface area contributed by atoms with Crippen molar-refractivity contribution in [3.05, 3.63) is 46.0 Å². The predicted octanol–water partition coefficient (Wildman–Crippen LogP) is 2.69. The molecule has 1 N–H and O–H groups in total. The molecule has 0 fully saturated rings. The minimum Gasteiger partial charge on any atom is -0.380 e. The molecule has 4 nitrogen and oxygen atoms in total. The molecular weight excluding hydrogens is 261 g/mol. The molecule has 1 aromatic carbocycles. The fourth-order valence-electron chi connectivity index (χ4n) is 1.63. The molecule has 0 bridgehead atoms. The lowest BCUT2D eigenvalue weighted by atomic mass is 10.1. The summed E-state index contributed by atoms with van der Waals surface area (Å²) in [5.41, 5.74) is 0.457. The van der Waals surface area contributed by atoms with Crippen LogP contribution in [0.5, 0.6) is 0 Å². The zero-order valence-corrected chi connectivity index (χ0v) is 10.7. The molecule has 17 heavy (non-hydrogen) atoms. The highest BCUT2D eigenvalue weighted by molar-refractivity contribution is 6.36. The molecule has 0 aliphatic heterocycles. The number of aliphatic hydroxyl groups is 1. The Kier molecular flexibility index (Phi) is 3.66. The Morgan fingerprint density at radius 3 is 2.59 bits per heavy atom. The van der Waals surface area contributed by atoms with Gasteiger partial charge in [0.15, 0.2) is 5.82 Å². The Bertz CT molecular complexity index is 507. The average molecular weight is 272 g/mol. The number of aromatic nitrogens is 3. The van der Waals surface area contributed by atoms with Crippen LogP contribution in [0.15, 0.2) is 24.5 Å². The number of aliphatic hydroxyl groups excluding tert-OH is 1. The number of benzene rings is 1. The second-order valence-corrected chi connectivity index (χ2v) is 4.29. The van der Waals surface area contributed by atoms with Gasteiger partial charge in [-0.3, -0.25) is 0 Å². The molecule has 1 heterocycles. The Hall–Kier alpha value is -1.10. The summed E-state index contributed by atoms with van der Waals surface area (Å²) in [6.45, 7) is 2.54. The largest absolute Gasteiger partial charge is 0.380 e. The zero-order valence-electron chi connectivity index (χ0n) is 9.14. The molecule has 1 atom stereocenters. The molecule has 2 rings (SSSR count). The number of rotatable bonds is 3. The first kappa shape index (κ1) is 12.4. The van der Waals surface area contributed by atoms with Crippen LogP contribution in [0.2, 0.25) is 10.0 Å². The average Bonchev–Trinajstić information content (AvgIpc) is 2.76. The third-order valence-electron chi connectivity index (χ3n) is 2.46. The zero-order chi connectivity index (χ0) is 12.4. The van der Waals surface area contributed by atoms with E-state index in [9.17, 15) is 5.11 Å². The van der Waals surface area contributed by atoms with Crippen LogP contribution in [0, 0.1) is 0 Å². The van der Waals surface area contributed by atoms with Gasteiger partial charge in [-0.15, -0.1) is 0 Å². The lowest BCUT2D eigenvalue weighted by molar-refractivity contribution is 0.203. The quantitative estimate of drug-likeness (QED) is 0.934. The second kappa shape index (κ2) is 5.04. The van der Waals surface area contributed by atoms with E-state index in [1.165, 1.54) is 6.33 Å². The monoisotopic (exact) mass is 271 g/mol. The fourth-order valence-corrected chi connectivity index (χ4v) is 2.23. The topological polar surface area (TPSA) is 50.9 Å². The molecule has 0 aliphatic carbocycles. The van der Waals surface area contributed by atoms with Crippen molar-refractivity contribution in [3.63, 3.8) is 0 Å². The van der Waals surface area contributed by atoms with Crippen LogP contribution in [0.25, 0.3) is 0 Å². The normalized spacial score (nSPS) is 12.7. The van der Waals surface area contributed by atoms with Crippen molar-refractivity contribution in [3.8, 4) is 0 Å². The lowest BCUT2D eigenvalue weighted by Crippen LogP contribution is -2.11. The summed E-state index contributed by atoms with van der Waals surface area (Å²) in [6.07, 6.45) is 0.422. The first-order valence-electron chi connectivity index (χ1n) is 5.14. The molecular formula is C11H11Cl2N3O. The third-order valence-corrected chi connectivity index (χ3v) is 3.12. The van der Waals surface area contributed by atoms with E-state index in [2.05, 4.69) is 10.1 Å². The van der Waals surface area contributed by atoms with Crippen molar-refractivity contribution in [1.29, 1.82) is 0 Å². The minimum atomic E-state index is -0.973. The van der Waals surface area contributed by atoms with Gasteiger partial charge in [0, 0.05) is 22.2 Å². The van der Waals surface area contributed by atoms with E-state index in [-0.39, 0.29) is 0 Å². The fraction of sp³-hybridized carbons (Fsp3) is 0.273. The first-order valence-corrected chi connectivity index (χ1v) is 5.90. The molecule has 6 heteroatoms. The Labute approximate surface area is 109 Å². The van der Waals surface area contributed by atoms with Crippen LogP contribution in [-0.4, -0.2) is 19.9 Å². The van der Waals surface area contributed by atoms with Crippen molar-refractivity contribution in [2.75, 3.05) is 0 Å². The van der Waals surface area contributed by atoms with Gasteiger partial charge in [-0.1, -0.05) is 29.3 Å². The van der Waals surface area contributed by atoms with Gasteiger partial charge in [0.2, 0.25) is 0 Å².